The van der Waals surface area contributed by atoms with Crippen LogP contribution in [0.3, 0.4) is 0 Å². The Morgan fingerprint density at radius 3 is 2.69 bits per heavy atom. The largest absolute Gasteiger partial charge is 0.497 e. The molecule has 1 N–H and O–H groups in total. The van der Waals surface area contributed by atoms with Crippen molar-refractivity contribution in [2.24, 2.45) is 10.1 Å². The van der Waals surface area contributed by atoms with E-state index in [1.165, 1.54) is 16.8 Å². The predicted octanol–water partition coefficient (Wildman–Crippen LogP) is 1.49. The molecule has 0 saturated heterocycles. The molecule has 0 unspecified atom stereocenters. The number of methoxy groups -OCH3 is 1. The highest BCUT2D eigenvalue weighted by atomic mass is 32.2. The lowest BCUT2D eigenvalue weighted by Crippen LogP contribution is -2.54. The number of Topliss-reactive ketones (excluding diaryl/α,β-unsaturated/α-hetero) is 1. The number of amides is 1. The van der Waals surface area contributed by atoms with Gasteiger partial charge < -0.3 is 4.74 Å². The second-order valence-corrected chi connectivity index (χ2v) is 7.60. The summed E-state index contributed by atoms with van der Waals surface area (Å²) in [4.78, 5) is 30.8. The zero-order valence-electron chi connectivity index (χ0n) is 16.1. The van der Waals surface area contributed by atoms with Gasteiger partial charge in [0.15, 0.2) is 5.17 Å². The van der Waals surface area contributed by atoms with E-state index < -0.39 is 6.17 Å². The number of benzene rings is 2. The highest BCUT2D eigenvalue weighted by Crippen LogP contribution is 2.24. The van der Waals surface area contributed by atoms with Gasteiger partial charge >= 0.3 is 0 Å². The van der Waals surface area contributed by atoms with Crippen LogP contribution in [0.5, 0.6) is 5.75 Å². The van der Waals surface area contributed by atoms with Crippen LogP contribution in [0.15, 0.2) is 58.6 Å². The monoisotopic (exact) mass is 408 g/mol. The van der Waals surface area contributed by atoms with Crippen LogP contribution in [0.1, 0.15) is 23.7 Å². The van der Waals surface area contributed by atoms with E-state index in [1.807, 2.05) is 18.2 Å². The van der Waals surface area contributed by atoms with Gasteiger partial charge in [-0.15, -0.1) is 5.10 Å². The Labute approximate surface area is 172 Å². The lowest BCUT2D eigenvalue weighted by molar-refractivity contribution is -0.115. The normalized spacial score (nSPS) is 17.5. The number of ketones is 1. The quantitative estimate of drug-likeness (QED) is 0.758. The minimum Gasteiger partial charge on any atom is -0.497 e. The van der Waals surface area contributed by atoms with Crippen LogP contribution in [0.25, 0.3) is 5.70 Å². The summed E-state index contributed by atoms with van der Waals surface area (Å²) in [5, 5.41) is 10.6. The number of nitrogens with one attached hydrogen (secondary N) is 1. The lowest BCUT2D eigenvalue weighted by atomic mass is 10.1. The molecule has 0 saturated carbocycles. The molecule has 2 aliphatic rings. The van der Waals surface area contributed by atoms with Crippen molar-refractivity contribution in [3.8, 4) is 5.75 Å². The Morgan fingerprint density at radius 2 is 1.97 bits per heavy atom. The SMILES string of the molecule is CCCSC1=NN2C(=c3ccccc3=N[C@@H]2C(=O)c2ccc(OC)cc2)C(=O)N1. The van der Waals surface area contributed by atoms with Crippen molar-refractivity contribution < 1.29 is 14.3 Å². The van der Waals surface area contributed by atoms with Gasteiger partial charge in [-0.2, -0.15) is 0 Å². The van der Waals surface area contributed by atoms with Crippen LogP contribution < -0.4 is 20.6 Å². The third kappa shape index (κ3) is 3.63. The first-order valence-corrected chi connectivity index (χ1v) is 10.3. The Balaban J connectivity index is 1.81. The number of ether oxygens (including phenoxy) is 1. The molecule has 1 atom stereocenters. The number of carbonyl (C=O) groups is 2. The molecule has 0 fully saturated rings. The summed E-state index contributed by atoms with van der Waals surface area (Å²) >= 11 is 1.45. The molecule has 0 aromatic heterocycles. The molecule has 2 aliphatic heterocycles. The topological polar surface area (TPSA) is 83.4 Å². The van der Waals surface area contributed by atoms with E-state index in [-0.39, 0.29) is 11.7 Å². The molecular formula is C21H20N4O3S. The maximum Gasteiger partial charge on any atom is 0.276 e. The van der Waals surface area contributed by atoms with Crippen LogP contribution in [-0.4, -0.2) is 40.9 Å². The average Bonchev–Trinajstić information content (AvgIpc) is 2.76. The van der Waals surface area contributed by atoms with Gasteiger partial charge in [-0.25, -0.2) is 10.0 Å². The zero-order chi connectivity index (χ0) is 20.4. The molecule has 2 heterocycles. The summed E-state index contributed by atoms with van der Waals surface area (Å²) in [7, 11) is 1.57. The van der Waals surface area contributed by atoms with Gasteiger partial charge in [0.05, 0.1) is 12.5 Å². The molecule has 0 radical (unpaired) electrons. The molecule has 0 bridgehead atoms. The Bertz CT molecular complexity index is 1110. The second kappa shape index (κ2) is 8.08. The van der Waals surface area contributed by atoms with E-state index in [1.54, 1.807) is 37.4 Å². The van der Waals surface area contributed by atoms with E-state index in [2.05, 4.69) is 22.3 Å². The molecule has 2 aromatic rings. The second-order valence-electron chi connectivity index (χ2n) is 6.51. The molecule has 29 heavy (non-hydrogen) atoms. The fourth-order valence-corrected chi connectivity index (χ4v) is 3.87. The molecule has 8 heteroatoms. The van der Waals surface area contributed by atoms with Gasteiger partial charge in [0.1, 0.15) is 11.4 Å². The first-order chi connectivity index (χ1) is 14.1. The van der Waals surface area contributed by atoms with E-state index in [9.17, 15) is 9.59 Å². The van der Waals surface area contributed by atoms with Crippen LogP contribution in [0.4, 0.5) is 0 Å². The van der Waals surface area contributed by atoms with E-state index in [4.69, 9.17) is 4.74 Å². The molecule has 4 rings (SSSR count). The van der Waals surface area contributed by atoms with Crippen molar-refractivity contribution in [3.05, 3.63) is 64.7 Å². The molecule has 2 aromatic carbocycles. The summed E-state index contributed by atoms with van der Waals surface area (Å²) < 4.78 is 5.17. The Kier molecular flexibility index (Phi) is 5.35. The number of hydrogen-bond acceptors (Lipinski definition) is 7. The molecule has 7 nitrogen and oxygen atoms in total. The molecule has 0 aliphatic carbocycles. The number of carbonyl (C=O) groups excluding carboxylic acids is 2. The van der Waals surface area contributed by atoms with Crippen LogP contribution >= 0.6 is 11.8 Å². The molecule has 148 valence electrons. The van der Waals surface area contributed by atoms with E-state index in [0.717, 1.165) is 12.2 Å². The van der Waals surface area contributed by atoms with Gasteiger partial charge in [-0.3, -0.25) is 14.9 Å². The average molecular weight is 408 g/mol. The number of para-hydroxylation sites is 1. The third-order valence-electron chi connectivity index (χ3n) is 4.57. The first kappa shape index (κ1) is 19.2. The fraction of sp³-hybridized carbons (Fsp3) is 0.238. The molecular weight excluding hydrogens is 388 g/mol. The molecule has 0 spiro atoms. The highest BCUT2D eigenvalue weighted by molar-refractivity contribution is 8.13. The third-order valence-corrected chi connectivity index (χ3v) is 5.64. The molecule has 1 amide bonds. The predicted molar refractivity (Wildman–Crippen MR) is 112 cm³/mol. The van der Waals surface area contributed by atoms with Crippen molar-refractivity contribution >= 4 is 34.3 Å². The summed E-state index contributed by atoms with van der Waals surface area (Å²) in [6.07, 6.45) is -0.00561. The summed E-state index contributed by atoms with van der Waals surface area (Å²) in [6, 6.07) is 14.1. The number of hydrogen-bond donors (Lipinski definition) is 1. The zero-order valence-corrected chi connectivity index (χ0v) is 16.9. The van der Waals surface area contributed by atoms with Gasteiger partial charge in [0.2, 0.25) is 11.9 Å². The summed E-state index contributed by atoms with van der Waals surface area (Å²) in [5.74, 6) is 0.951. The summed E-state index contributed by atoms with van der Waals surface area (Å²) in [6.45, 7) is 2.05. The number of nitrogens with zero attached hydrogens (tertiary/aromatic N) is 3. The Hall–Kier alpha value is -3.13. The highest BCUT2D eigenvalue weighted by Gasteiger charge is 2.37. The van der Waals surface area contributed by atoms with Crippen molar-refractivity contribution in [1.29, 1.82) is 0 Å². The Morgan fingerprint density at radius 1 is 1.21 bits per heavy atom. The van der Waals surface area contributed by atoms with Gasteiger partial charge in [-0.1, -0.05) is 36.9 Å². The number of rotatable bonds is 5. The number of thioether (sulfide) groups is 1. The van der Waals surface area contributed by atoms with Crippen LogP contribution in [-0.2, 0) is 4.79 Å². The van der Waals surface area contributed by atoms with Crippen molar-refractivity contribution in [2.45, 2.75) is 19.5 Å². The summed E-state index contributed by atoms with van der Waals surface area (Å²) in [5.41, 5.74) is 0.811. The smallest absolute Gasteiger partial charge is 0.276 e. The fourth-order valence-electron chi connectivity index (χ4n) is 3.17. The van der Waals surface area contributed by atoms with Gasteiger partial charge in [0.25, 0.3) is 5.91 Å². The standard InChI is InChI=1S/C21H20N4O3S/c1-3-12-29-21-23-20(27)17-15-6-4-5-7-16(15)22-19(25(17)24-21)18(26)13-8-10-14(28-2)11-9-13/h4-11,19H,3,12H2,1-2H3,(H,23,24,27)/t19-/m0/s1. The van der Waals surface area contributed by atoms with Crippen LogP contribution in [0, 0.1) is 0 Å². The number of fused-ring (bicyclic) bond motifs is 2. The number of hydrazone groups is 1. The van der Waals surface area contributed by atoms with Gasteiger partial charge in [-0.05, 0) is 36.8 Å². The van der Waals surface area contributed by atoms with Crippen molar-refractivity contribution in [3.63, 3.8) is 0 Å². The van der Waals surface area contributed by atoms with Crippen molar-refractivity contribution in [2.75, 3.05) is 12.9 Å². The van der Waals surface area contributed by atoms with E-state index in [0.29, 0.717) is 32.8 Å². The first-order valence-electron chi connectivity index (χ1n) is 9.30. The van der Waals surface area contributed by atoms with Crippen molar-refractivity contribution in [1.82, 2.24) is 10.3 Å². The maximum atomic E-state index is 13.3. The maximum absolute atomic E-state index is 13.3. The van der Waals surface area contributed by atoms with Crippen LogP contribution in [0.2, 0.25) is 0 Å². The minimum absolute atomic E-state index is 0.238. The van der Waals surface area contributed by atoms with E-state index >= 15 is 0 Å². The number of amidine groups is 1. The lowest BCUT2D eigenvalue weighted by Gasteiger charge is -2.33. The minimum atomic E-state index is -0.948. The van der Waals surface area contributed by atoms with Gasteiger partial charge in [0, 0.05) is 16.5 Å².